The Hall–Kier alpha value is -1.96. The van der Waals surface area contributed by atoms with Gasteiger partial charge in [-0.25, -0.2) is 9.97 Å². The molecule has 0 aliphatic carbocycles. The molecule has 0 radical (unpaired) electrons. The summed E-state index contributed by atoms with van der Waals surface area (Å²) in [4.78, 5) is 11.8. The Labute approximate surface area is 295 Å². The topological polar surface area (TPSA) is 86.4 Å². The van der Waals surface area contributed by atoms with Gasteiger partial charge in [-0.2, -0.15) is 13.2 Å². The van der Waals surface area contributed by atoms with E-state index in [4.69, 9.17) is 9.72 Å². The lowest BCUT2D eigenvalue weighted by atomic mass is 9.87. The number of hydrogen-bond acceptors (Lipinski definition) is 9. The Bertz CT molecular complexity index is 1390. The van der Waals surface area contributed by atoms with Crippen LogP contribution in [-0.2, 0) is 6.18 Å². The monoisotopic (exact) mass is 703 g/mol. The van der Waals surface area contributed by atoms with Gasteiger partial charge in [-0.3, -0.25) is 25.6 Å². The van der Waals surface area contributed by atoms with Crippen LogP contribution in [0.25, 0.3) is 0 Å². The summed E-state index contributed by atoms with van der Waals surface area (Å²) < 4.78 is 50.9. The van der Waals surface area contributed by atoms with Crippen LogP contribution in [0.3, 0.4) is 0 Å². The average molecular weight is 704 g/mol. The molecule has 4 N–H and O–H groups in total. The molecule has 4 saturated heterocycles. The molecule has 0 saturated carbocycles. The Kier molecular flexibility index (Phi) is 11.5. The summed E-state index contributed by atoms with van der Waals surface area (Å²) in [5.41, 5.74) is 0.838. The predicted octanol–water partition coefficient (Wildman–Crippen LogP) is 7.57. The van der Waals surface area contributed by atoms with Crippen molar-refractivity contribution in [2.45, 2.75) is 134 Å². The second-order valence-corrected chi connectivity index (χ2v) is 17.5. The lowest BCUT2D eigenvalue weighted by Gasteiger charge is -2.47. The molecule has 8 nitrogen and oxygen atoms in total. The molecule has 272 valence electrons. The van der Waals surface area contributed by atoms with Gasteiger partial charge in [-0.1, -0.05) is 44.9 Å². The maximum atomic E-state index is 13.7. The highest BCUT2D eigenvalue weighted by Gasteiger charge is 2.46. The van der Waals surface area contributed by atoms with Crippen molar-refractivity contribution < 1.29 is 17.9 Å². The third-order valence-electron chi connectivity index (χ3n) is 10.8. The lowest BCUT2D eigenvalue weighted by molar-refractivity contribution is -0.141. The lowest BCUT2D eigenvalue weighted by Crippen LogP contribution is -2.60. The van der Waals surface area contributed by atoms with E-state index in [1.165, 1.54) is 6.07 Å². The Balaban J connectivity index is 1.22. The Morgan fingerprint density at radius 2 is 1.63 bits per heavy atom. The number of hydrogen-bond donors (Lipinski definition) is 4. The SMILES string of the molecule is CC(C)(C)CCOc1cccc(C2CCC3CNSC4CCCC(N4)N[C@@H](c4cccc(C(F)(F)F)n4)CC[C@@H]4CN(C3N2)C(C)(C)C4)n1. The number of piperidine rings is 2. The van der Waals surface area contributed by atoms with E-state index in [1.54, 1.807) is 18.0 Å². The van der Waals surface area contributed by atoms with Crippen LogP contribution in [0.1, 0.15) is 122 Å². The molecule has 49 heavy (non-hydrogen) atoms. The van der Waals surface area contributed by atoms with Crippen molar-refractivity contribution >= 4 is 11.9 Å². The van der Waals surface area contributed by atoms with Crippen LogP contribution < -0.4 is 25.4 Å². The molecule has 6 unspecified atom stereocenters. The smallest absolute Gasteiger partial charge is 0.433 e. The fourth-order valence-electron chi connectivity index (χ4n) is 8.16. The number of fused-ring (bicyclic) bond motifs is 6. The number of nitrogens with one attached hydrogen (secondary N) is 4. The number of pyridine rings is 2. The second-order valence-electron chi connectivity index (χ2n) is 16.4. The molecule has 2 aromatic heterocycles. The van der Waals surface area contributed by atoms with E-state index in [1.807, 2.05) is 6.07 Å². The quantitative estimate of drug-likeness (QED) is 0.236. The summed E-state index contributed by atoms with van der Waals surface area (Å²) in [6.07, 6.45) is 4.45. The highest BCUT2D eigenvalue weighted by Crippen LogP contribution is 2.42. The van der Waals surface area contributed by atoms with Crippen LogP contribution >= 0.6 is 11.9 Å². The van der Waals surface area contributed by atoms with E-state index in [2.05, 4.69) is 77.3 Å². The first-order chi connectivity index (χ1) is 23.2. The maximum absolute atomic E-state index is 13.7. The number of nitrogens with zero attached hydrogens (tertiary/aromatic N) is 3. The number of halogens is 3. The zero-order chi connectivity index (χ0) is 34.8. The van der Waals surface area contributed by atoms with Crippen molar-refractivity contribution in [3.63, 3.8) is 0 Å². The summed E-state index contributed by atoms with van der Waals surface area (Å²) >= 11 is 1.75. The van der Waals surface area contributed by atoms with Gasteiger partial charge in [0.2, 0.25) is 5.88 Å². The molecule has 4 bridgehead atoms. The van der Waals surface area contributed by atoms with Crippen LogP contribution in [0.15, 0.2) is 36.4 Å². The van der Waals surface area contributed by atoms with Gasteiger partial charge in [0.25, 0.3) is 0 Å². The van der Waals surface area contributed by atoms with Crippen LogP contribution in [0, 0.1) is 17.3 Å². The van der Waals surface area contributed by atoms with Crippen molar-refractivity contribution in [3.05, 3.63) is 53.5 Å². The van der Waals surface area contributed by atoms with E-state index < -0.39 is 11.9 Å². The van der Waals surface area contributed by atoms with Gasteiger partial charge < -0.3 is 4.74 Å². The average Bonchev–Trinajstić information content (AvgIpc) is 3.35. The van der Waals surface area contributed by atoms with Gasteiger partial charge >= 0.3 is 6.18 Å². The highest BCUT2D eigenvalue weighted by atomic mass is 32.2. The second kappa shape index (κ2) is 15.3. The molecule has 0 amide bonds. The summed E-state index contributed by atoms with van der Waals surface area (Å²) in [7, 11) is 0. The van der Waals surface area contributed by atoms with E-state index in [9.17, 15) is 13.2 Å². The summed E-state index contributed by atoms with van der Waals surface area (Å²) in [5.74, 6) is 1.52. The molecule has 0 spiro atoms. The Morgan fingerprint density at radius 1 is 0.898 bits per heavy atom. The molecule has 12 heteroatoms. The van der Waals surface area contributed by atoms with E-state index in [-0.39, 0.29) is 40.7 Å². The molecular weight excluding hydrogens is 648 g/mol. The van der Waals surface area contributed by atoms with Crippen LogP contribution in [0.2, 0.25) is 0 Å². The highest BCUT2D eigenvalue weighted by molar-refractivity contribution is 7.98. The van der Waals surface area contributed by atoms with Crippen LogP contribution in [-0.4, -0.2) is 57.8 Å². The minimum absolute atomic E-state index is 0.0154. The largest absolute Gasteiger partial charge is 0.478 e. The van der Waals surface area contributed by atoms with Crippen molar-refractivity contribution in [1.29, 1.82) is 0 Å². The first kappa shape index (κ1) is 36.8. The molecule has 4 aliphatic rings. The summed E-state index contributed by atoms with van der Waals surface area (Å²) in [5, 5.41) is 11.7. The van der Waals surface area contributed by atoms with Crippen LogP contribution in [0.5, 0.6) is 5.88 Å². The standard InChI is InChI=1S/C37H56F3N7OS/c1-35(2,3)19-20-48-32-13-7-10-27(44-32)29-18-16-25-22-41-49-33-14-8-12-31(46-33)43-28(26-9-6-11-30(42-26)37(38,39)40)17-15-24-21-36(4,5)47(23-24)34(25)45-29/h6-7,9-11,13,24-25,28-29,31,33-34,41,43,45-46H,8,12,14-23H2,1-5H3/t24-,25?,28+,29?,31?,33?,34?/m0/s1. The number of ether oxygens (including phenoxy) is 1. The summed E-state index contributed by atoms with van der Waals surface area (Å²) in [6.45, 7) is 13.8. The van der Waals surface area contributed by atoms with Gasteiger partial charge in [0, 0.05) is 30.6 Å². The van der Waals surface area contributed by atoms with Crippen molar-refractivity contribution in [2.75, 3.05) is 19.7 Å². The minimum atomic E-state index is -4.47. The molecule has 4 aliphatic heterocycles. The third kappa shape index (κ3) is 9.68. The predicted molar refractivity (Wildman–Crippen MR) is 190 cm³/mol. The summed E-state index contributed by atoms with van der Waals surface area (Å²) in [6, 6.07) is 10.3. The fourth-order valence-corrected chi connectivity index (χ4v) is 9.19. The maximum Gasteiger partial charge on any atom is 0.433 e. The molecule has 6 heterocycles. The van der Waals surface area contributed by atoms with Gasteiger partial charge in [0.15, 0.2) is 0 Å². The zero-order valence-electron chi connectivity index (χ0n) is 29.8. The molecule has 0 aromatic carbocycles. The number of aromatic nitrogens is 2. The molecule has 2 aromatic rings. The zero-order valence-corrected chi connectivity index (χ0v) is 30.6. The van der Waals surface area contributed by atoms with Gasteiger partial charge in [-0.15, -0.1) is 0 Å². The molecule has 4 fully saturated rings. The van der Waals surface area contributed by atoms with Crippen molar-refractivity contribution in [3.8, 4) is 5.88 Å². The van der Waals surface area contributed by atoms with Gasteiger partial charge in [-0.05, 0) is 101 Å². The molecule has 8 atom stereocenters. The molecule has 6 rings (SSSR count). The molecular formula is C37H56F3N7OS. The first-order valence-corrected chi connectivity index (χ1v) is 19.2. The number of alkyl halides is 3. The van der Waals surface area contributed by atoms with Crippen molar-refractivity contribution in [2.24, 2.45) is 17.3 Å². The van der Waals surface area contributed by atoms with Crippen molar-refractivity contribution in [1.82, 2.24) is 35.5 Å². The van der Waals surface area contributed by atoms with E-state index >= 15 is 0 Å². The number of rotatable bonds is 5. The fraction of sp³-hybridized carbons (Fsp3) is 0.730. The third-order valence-corrected chi connectivity index (χ3v) is 11.8. The van der Waals surface area contributed by atoms with Gasteiger partial charge in [0.1, 0.15) is 5.69 Å². The minimum Gasteiger partial charge on any atom is -0.478 e. The normalized spacial score (nSPS) is 32.8. The first-order valence-electron chi connectivity index (χ1n) is 18.3. The van der Waals surface area contributed by atoms with E-state index in [0.29, 0.717) is 30.0 Å². The van der Waals surface area contributed by atoms with E-state index in [0.717, 1.165) is 82.6 Å². The van der Waals surface area contributed by atoms with Crippen LogP contribution in [0.4, 0.5) is 13.2 Å². The Morgan fingerprint density at radius 3 is 2.41 bits per heavy atom. The van der Waals surface area contributed by atoms with Gasteiger partial charge in [0.05, 0.1) is 47.8 Å².